The van der Waals surface area contributed by atoms with Crippen LogP contribution in [0.2, 0.25) is 0 Å². The molecule has 2 atom stereocenters. The Morgan fingerprint density at radius 1 is 1.60 bits per heavy atom. The van der Waals surface area contributed by atoms with E-state index >= 15 is 0 Å². The SMILES string of the molecule is CCc1ccc(C(Br)C2(C)CCCO2)s1. The second-order valence-electron chi connectivity index (χ2n) is 4.28. The van der Waals surface area contributed by atoms with E-state index in [9.17, 15) is 0 Å². The fourth-order valence-corrected chi connectivity index (χ4v) is 3.89. The molecule has 0 spiro atoms. The molecule has 0 aliphatic carbocycles. The van der Waals surface area contributed by atoms with Crippen molar-refractivity contribution in [3.05, 3.63) is 21.9 Å². The average Bonchev–Trinajstić information content (AvgIpc) is 2.85. The molecule has 2 heterocycles. The highest BCUT2D eigenvalue weighted by Gasteiger charge is 2.38. The molecular weight excluding hydrogens is 272 g/mol. The molecule has 0 amide bonds. The van der Waals surface area contributed by atoms with Gasteiger partial charge in [-0.15, -0.1) is 11.3 Å². The van der Waals surface area contributed by atoms with Crippen LogP contribution in [0.3, 0.4) is 0 Å². The van der Waals surface area contributed by atoms with Crippen LogP contribution in [0.5, 0.6) is 0 Å². The molecule has 1 aromatic heterocycles. The number of rotatable bonds is 3. The van der Waals surface area contributed by atoms with Crippen LogP contribution in [-0.2, 0) is 11.2 Å². The van der Waals surface area contributed by atoms with Gasteiger partial charge in [0.25, 0.3) is 0 Å². The maximum absolute atomic E-state index is 5.86. The lowest BCUT2D eigenvalue weighted by Crippen LogP contribution is -2.27. The summed E-state index contributed by atoms with van der Waals surface area (Å²) >= 11 is 5.70. The summed E-state index contributed by atoms with van der Waals surface area (Å²) < 4.78 is 5.86. The Hall–Kier alpha value is 0.140. The summed E-state index contributed by atoms with van der Waals surface area (Å²) in [6.45, 7) is 5.32. The summed E-state index contributed by atoms with van der Waals surface area (Å²) in [6, 6.07) is 4.46. The molecule has 84 valence electrons. The Morgan fingerprint density at radius 3 is 2.93 bits per heavy atom. The molecule has 1 nitrogen and oxygen atoms in total. The number of alkyl halides is 1. The number of halogens is 1. The van der Waals surface area contributed by atoms with Crippen molar-refractivity contribution >= 4 is 27.3 Å². The minimum atomic E-state index is -0.00410. The number of thiophene rings is 1. The monoisotopic (exact) mass is 288 g/mol. The van der Waals surface area contributed by atoms with Crippen molar-refractivity contribution in [3.8, 4) is 0 Å². The third-order valence-electron chi connectivity index (χ3n) is 3.07. The van der Waals surface area contributed by atoms with Gasteiger partial charge in [0, 0.05) is 16.4 Å². The van der Waals surface area contributed by atoms with Gasteiger partial charge in [0.15, 0.2) is 0 Å². The summed E-state index contributed by atoms with van der Waals surface area (Å²) in [5, 5.41) is 0. The summed E-state index contributed by atoms with van der Waals surface area (Å²) in [6.07, 6.45) is 3.47. The minimum Gasteiger partial charge on any atom is -0.374 e. The van der Waals surface area contributed by atoms with Crippen LogP contribution in [0, 0.1) is 0 Å². The summed E-state index contributed by atoms with van der Waals surface area (Å²) in [5.74, 6) is 0. The molecule has 2 unspecified atom stereocenters. The summed E-state index contributed by atoms with van der Waals surface area (Å²) in [4.78, 5) is 3.20. The quantitative estimate of drug-likeness (QED) is 0.753. The second kappa shape index (κ2) is 4.56. The van der Waals surface area contributed by atoms with E-state index in [4.69, 9.17) is 4.74 Å². The maximum atomic E-state index is 5.86. The molecule has 3 heteroatoms. The second-order valence-corrected chi connectivity index (χ2v) is 6.40. The number of hydrogen-bond donors (Lipinski definition) is 0. The van der Waals surface area contributed by atoms with Crippen molar-refractivity contribution in [1.29, 1.82) is 0 Å². The zero-order chi connectivity index (χ0) is 10.9. The largest absolute Gasteiger partial charge is 0.374 e. The van der Waals surface area contributed by atoms with Crippen LogP contribution in [0.15, 0.2) is 12.1 Å². The third kappa shape index (κ3) is 2.29. The molecule has 0 saturated carbocycles. The average molecular weight is 289 g/mol. The van der Waals surface area contributed by atoms with Crippen molar-refractivity contribution in [3.63, 3.8) is 0 Å². The summed E-state index contributed by atoms with van der Waals surface area (Å²) in [7, 11) is 0. The lowest BCUT2D eigenvalue weighted by atomic mass is 9.97. The molecule has 0 aromatic carbocycles. The maximum Gasteiger partial charge on any atom is 0.0828 e. The van der Waals surface area contributed by atoms with Gasteiger partial charge in [-0.05, 0) is 38.3 Å². The van der Waals surface area contributed by atoms with Crippen LogP contribution in [0.25, 0.3) is 0 Å². The Morgan fingerprint density at radius 2 is 2.40 bits per heavy atom. The normalized spacial score (nSPS) is 28.2. The molecular formula is C12H17BrOS. The fourth-order valence-electron chi connectivity index (χ4n) is 2.02. The zero-order valence-corrected chi connectivity index (χ0v) is 11.7. The van der Waals surface area contributed by atoms with E-state index in [1.165, 1.54) is 16.2 Å². The third-order valence-corrected chi connectivity index (χ3v) is 6.13. The van der Waals surface area contributed by atoms with E-state index in [2.05, 4.69) is 41.9 Å². The molecule has 1 aliphatic rings. The molecule has 0 bridgehead atoms. The summed E-state index contributed by atoms with van der Waals surface area (Å²) in [5.41, 5.74) is -0.00410. The van der Waals surface area contributed by atoms with Gasteiger partial charge in [-0.3, -0.25) is 0 Å². The van der Waals surface area contributed by atoms with Gasteiger partial charge in [-0.1, -0.05) is 22.9 Å². The van der Waals surface area contributed by atoms with Crippen LogP contribution < -0.4 is 0 Å². The Bertz CT molecular complexity index is 328. The molecule has 1 aliphatic heterocycles. The standard InChI is InChI=1S/C12H17BrOS/c1-3-9-5-6-10(15-9)11(13)12(2)7-4-8-14-12/h5-6,11H,3-4,7-8H2,1-2H3. The van der Waals surface area contributed by atoms with Crippen molar-refractivity contribution in [2.45, 2.75) is 43.5 Å². The first-order chi connectivity index (χ1) is 7.15. The van der Waals surface area contributed by atoms with E-state index in [-0.39, 0.29) is 5.60 Å². The predicted molar refractivity (Wildman–Crippen MR) is 69.0 cm³/mol. The Balaban J connectivity index is 2.15. The first kappa shape index (κ1) is 11.6. The molecule has 0 radical (unpaired) electrons. The van der Waals surface area contributed by atoms with Crippen molar-refractivity contribution in [2.24, 2.45) is 0 Å². The number of ether oxygens (including phenoxy) is 1. The Labute approximate surface area is 104 Å². The molecule has 15 heavy (non-hydrogen) atoms. The van der Waals surface area contributed by atoms with Gasteiger partial charge in [0.05, 0.1) is 10.4 Å². The first-order valence-corrected chi connectivity index (χ1v) is 7.25. The van der Waals surface area contributed by atoms with Gasteiger partial charge in [-0.25, -0.2) is 0 Å². The van der Waals surface area contributed by atoms with E-state index in [0.29, 0.717) is 4.83 Å². The smallest absolute Gasteiger partial charge is 0.0828 e. The molecule has 1 fully saturated rings. The highest BCUT2D eigenvalue weighted by atomic mass is 79.9. The predicted octanol–water partition coefficient (Wildman–Crippen LogP) is 4.32. The van der Waals surface area contributed by atoms with E-state index in [0.717, 1.165) is 19.4 Å². The molecule has 1 saturated heterocycles. The lowest BCUT2D eigenvalue weighted by molar-refractivity contribution is 0.0204. The van der Waals surface area contributed by atoms with E-state index in [1.54, 1.807) is 0 Å². The number of hydrogen-bond acceptors (Lipinski definition) is 2. The van der Waals surface area contributed by atoms with Crippen LogP contribution in [-0.4, -0.2) is 12.2 Å². The zero-order valence-electron chi connectivity index (χ0n) is 9.25. The molecule has 1 aromatic rings. The van der Waals surface area contributed by atoms with Gasteiger partial charge in [0.1, 0.15) is 0 Å². The van der Waals surface area contributed by atoms with E-state index < -0.39 is 0 Å². The van der Waals surface area contributed by atoms with Crippen LogP contribution >= 0.6 is 27.3 Å². The fraction of sp³-hybridized carbons (Fsp3) is 0.667. The van der Waals surface area contributed by atoms with Gasteiger partial charge < -0.3 is 4.74 Å². The number of aryl methyl sites for hydroxylation is 1. The molecule has 2 rings (SSSR count). The van der Waals surface area contributed by atoms with Crippen LogP contribution in [0.1, 0.15) is 41.3 Å². The lowest BCUT2D eigenvalue weighted by Gasteiger charge is -2.28. The van der Waals surface area contributed by atoms with Crippen LogP contribution in [0.4, 0.5) is 0 Å². The van der Waals surface area contributed by atoms with Crippen molar-refractivity contribution < 1.29 is 4.74 Å². The highest BCUT2D eigenvalue weighted by Crippen LogP contribution is 2.45. The minimum absolute atomic E-state index is 0.00410. The Kier molecular flexibility index (Phi) is 3.53. The van der Waals surface area contributed by atoms with Crippen molar-refractivity contribution in [2.75, 3.05) is 6.61 Å². The van der Waals surface area contributed by atoms with Crippen molar-refractivity contribution in [1.82, 2.24) is 0 Å². The van der Waals surface area contributed by atoms with Gasteiger partial charge in [-0.2, -0.15) is 0 Å². The topological polar surface area (TPSA) is 9.23 Å². The highest BCUT2D eigenvalue weighted by molar-refractivity contribution is 9.09. The van der Waals surface area contributed by atoms with Gasteiger partial charge in [0.2, 0.25) is 0 Å². The van der Waals surface area contributed by atoms with Gasteiger partial charge >= 0.3 is 0 Å². The van der Waals surface area contributed by atoms with E-state index in [1.807, 2.05) is 11.3 Å². The molecule has 0 N–H and O–H groups in total. The first-order valence-electron chi connectivity index (χ1n) is 5.52.